The average Bonchev–Trinajstić information content (AvgIpc) is 2.36. The van der Waals surface area contributed by atoms with Gasteiger partial charge in [0.25, 0.3) is 0 Å². The Bertz CT molecular complexity index is 357. The fraction of sp³-hybridized carbons (Fsp3) is 0.538. The first-order chi connectivity index (χ1) is 8.45. The van der Waals surface area contributed by atoms with E-state index in [1.807, 2.05) is 13.8 Å². The molecular weight excluding hydrogens is 240 g/mol. The first-order valence-corrected chi connectivity index (χ1v) is 5.94. The lowest BCUT2D eigenvalue weighted by Gasteiger charge is -2.24. The van der Waals surface area contributed by atoms with Gasteiger partial charge < -0.3 is 15.6 Å². The lowest BCUT2D eigenvalue weighted by Crippen LogP contribution is -2.31. The topological polar surface area (TPSA) is 55.5 Å². The number of aliphatic hydroxyl groups is 1. The molecule has 1 unspecified atom stereocenters. The minimum Gasteiger partial charge on any atom is -0.435 e. The van der Waals surface area contributed by atoms with Crippen molar-refractivity contribution >= 4 is 0 Å². The molecule has 0 aliphatic heterocycles. The van der Waals surface area contributed by atoms with E-state index in [9.17, 15) is 13.9 Å². The van der Waals surface area contributed by atoms with E-state index in [1.54, 1.807) is 12.1 Å². The summed E-state index contributed by atoms with van der Waals surface area (Å²) in [7, 11) is 0. The molecule has 3 atom stereocenters. The van der Waals surface area contributed by atoms with Crippen LogP contribution in [0.2, 0.25) is 0 Å². The summed E-state index contributed by atoms with van der Waals surface area (Å²) in [6, 6.07) is 5.50. The molecule has 0 aliphatic carbocycles. The first kappa shape index (κ1) is 14.9. The van der Waals surface area contributed by atoms with Crippen molar-refractivity contribution in [3.63, 3.8) is 0 Å². The standard InChI is InChI=1S/C13H19F2NO2/c1-3-8(2)12(17)11(16)9-4-6-10(7-5-9)18-13(14)15/h4-8,11-13,17H,3,16H2,1-2H3/t8?,11-,12+/m1/s1. The van der Waals surface area contributed by atoms with E-state index in [2.05, 4.69) is 4.74 Å². The van der Waals surface area contributed by atoms with Crippen LogP contribution in [0.5, 0.6) is 5.75 Å². The highest BCUT2D eigenvalue weighted by molar-refractivity contribution is 5.29. The molecule has 5 heteroatoms. The number of halogens is 2. The maximum absolute atomic E-state index is 12.0. The van der Waals surface area contributed by atoms with Gasteiger partial charge in [-0.3, -0.25) is 0 Å². The molecule has 0 spiro atoms. The molecule has 1 aromatic rings. The number of aliphatic hydroxyl groups excluding tert-OH is 1. The van der Waals surface area contributed by atoms with Gasteiger partial charge in [-0.05, 0) is 23.6 Å². The number of rotatable bonds is 6. The van der Waals surface area contributed by atoms with Crippen molar-refractivity contribution in [1.29, 1.82) is 0 Å². The molecule has 0 aliphatic rings. The summed E-state index contributed by atoms with van der Waals surface area (Å²) in [4.78, 5) is 0. The second-order valence-electron chi connectivity index (χ2n) is 4.35. The van der Waals surface area contributed by atoms with Crippen molar-refractivity contribution in [1.82, 2.24) is 0 Å². The number of nitrogens with two attached hydrogens (primary N) is 1. The van der Waals surface area contributed by atoms with Gasteiger partial charge in [0, 0.05) is 0 Å². The van der Waals surface area contributed by atoms with E-state index in [-0.39, 0.29) is 11.7 Å². The molecule has 0 saturated heterocycles. The van der Waals surface area contributed by atoms with Gasteiger partial charge >= 0.3 is 6.61 Å². The Morgan fingerprint density at radius 1 is 1.28 bits per heavy atom. The van der Waals surface area contributed by atoms with Gasteiger partial charge in [0.05, 0.1) is 12.1 Å². The quantitative estimate of drug-likeness (QED) is 0.825. The van der Waals surface area contributed by atoms with Crippen LogP contribution in [0.1, 0.15) is 31.9 Å². The highest BCUT2D eigenvalue weighted by Crippen LogP contribution is 2.24. The molecule has 0 amide bonds. The van der Waals surface area contributed by atoms with Crippen LogP contribution < -0.4 is 10.5 Å². The van der Waals surface area contributed by atoms with Crippen LogP contribution >= 0.6 is 0 Å². The molecule has 18 heavy (non-hydrogen) atoms. The highest BCUT2D eigenvalue weighted by Gasteiger charge is 2.21. The third-order valence-corrected chi connectivity index (χ3v) is 3.09. The molecule has 0 heterocycles. The van der Waals surface area contributed by atoms with E-state index >= 15 is 0 Å². The summed E-state index contributed by atoms with van der Waals surface area (Å²) >= 11 is 0. The van der Waals surface area contributed by atoms with E-state index in [4.69, 9.17) is 5.73 Å². The van der Waals surface area contributed by atoms with Crippen LogP contribution in [-0.4, -0.2) is 17.8 Å². The van der Waals surface area contributed by atoms with Gasteiger partial charge in [-0.1, -0.05) is 32.4 Å². The predicted octanol–water partition coefficient (Wildman–Crippen LogP) is 2.69. The summed E-state index contributed by atoms with van der Waals surface area (Å²) in [6.45, 7) is 1.05. The van der Waals surface area contributed by atoms with Crippen molar-refractivity contribution in [2.45, 2.75) is 39.0 Å². The summed E-state index contributed by atoms with van der Waals surface area (Å²) in [5.74, 6) is 0.163. The van der Waals surface area contributed by atoms with Crippen molar-refractivity contribution in [3.8, 4) is 5.75 Å². The van der Waals surface area contributed by atoms with Crippen molar-refractivity contribution in [3.05, 3.63) is 29.8 Å². The maximum atomic E-state index is 12.0. The number of benzene rings is 1. The Morgan fingerprint density at radius 2 is 1.83 bits per heavy atom. The Kier molecular flexibility index (Phi) is 5.50. The number of hydrogen-bond donors (Lipinski definition) is 2. The smallest absolute Gasteiger partial charge is 0.387 e. The van der Waals surface area contributed by atoms with Crippen LogP contribution in [0.15, 0.2) is 24.3 Å². The van der Waals surface area contributed by atoms with Crippen LogP contribution in [0, 0.1) is 5.92 Å². The summed E-state index contributed by atoms with van der Waals surface area (Å²) in [5, 5.41) is 9.98. The van der Waals surface area contributed by atoms with Crippen LogP contribution in [0.3, 0.4) is 0 Å². The molecule has 3 nitrogen and oxygen atoms in total. The molecule has 1 rings (SSSR count). The van der Waals surface area contributed by atoms with Crippen molar-refractivity contribution < 1.29 is 18.6 Å². The fourth-order valence-electron chi connectivity index (χ4n) is 1.66. The van der Waals surface area contributed by atoms with Gasteiger partial charge in [-0.25, -0.2) is 0 Å². The average molecular weight is 259 g/mol. The van der Waals surface area contributed by atoms with Gasteiger partial charge in [0.15, 0.2) is 0 Å². The number of ether oxygens (including phenoxy) is 1. The highest BCUT2D eigenvalue weighted by atomic mass is 19.3. The predicted molar refractivity (Wildman–Crippen MR) is 65.5 cm³/mol. The summed E-state index contributed by atoms with van der Waals surface area (Å²) < 4.78 is 28.2. The molecule has 0 aromatic heterocycles. The third kappa shape index (κ3) is 3.92. The van der Waals surface area contributed by atoms with Crippen molar-refractivity contribution in [2.24, 2.45) is 11.7 Å². The van der Waals surface area contributed by atoms with E-state index in [0.717, 1.165) is 6.42 Å². The zero-order valence-electron chi connectivity index (χ0n) is 10.5. The second kappa shape index (κ2) is 6.66. The van der Waals surface area contributed by atoms with Gasteiger partial charge in [0.1, 0.15) is 5.75 Å². The van der Waals surface area contributed by atoms with Crippen LogP contribution in [0.25, 0.3) is 0 Å². The fourth-order valence-corrected chi connectivity index (χ4v) is 1.66. The van der Waals surface area contributed by atoms with E-state index in [1.165, 1.54) is 12.1 Å². The normalized spacial score (nSPS) is 16.4. The van der Waals surface area contributed by atoms with Crippen LogP contribution in [0.4, 0.5) is 8.78 Å². The maximum Gasteiger partial charge on any atom is 0.387 e. The zero-order valence-corrected chi connectivity index (χ0v) is 10.5. The van der Waals surface area contributed by atoms with Gasteiger partial charge in [0.2, 0.25) is 0 Å². The Hall–Kier alpha value is -1.20. The van der Waals surface area contributed by atoms with Gasteiger partial charge in [-0.15, -0.1) is 0 Å². The minimum absolute atomic E-state index is 0.0805. The Balaban J connectivity index is 2.72. The molecule has 3 N–H and O–H groups in total. The second-order valence-corrected chi connectivity index (χ2v) is 4.35. The van der Waals surface area contributed by atoms with Gasteiger partial charge in [-0.2, -0.15) is 8.78 Å². The largest absolute Gasteiger partial charge is 0.435 e. The SMILES string of the molecule is CCC(C)[C@H](O)[C@H](N)c1ccc(OC(F)F)cc1. The Morgan fingerprint density at radius 3 is 2.28 bits per heavy atom. The molecule has 0 bridgehead atoms. The molecule has 0 saturated carbocycles. The summed E-state index contributed by atoms with van der Waals surface area (Å²) in [5.41, 5.74) is 6.63. The molecule has 0 radical (unpaired) electrons. The molecule has 102 valence electrons. The molecule has 1 aromatic carbocycles. The Labute approximate surface area is 106 Å². The monoisotopic (exact) mass is 259 g/mol. The number of hydrogen-bond acceptors (Lipinski definition) is 3. The zero-order chi connectivity index (χ0) is 13.7. The van der Waals surface area contributed by atoms with Crippen molar-refractivity contribution in [2.75, 3.05) is 0 Å². The number of alkyl halides is 2. The molecular formula is C13H19F2NO2. The lowest BCUT2D eigenvalue weighted by molar-refractivity contribution is -0.0498. The minimum atomic E-state index is -2.84. The van der Waals surface area contributed by atoms with E-state index < -0.39 is 18.8 Å². The van der Waals surface area contributed by atoms with Crippen LogP contribution in [-0.2, 0) is 0 Å². The lowest BCUT2D eigenvalue weighted by atomic mass is 9.92. The summed E-state index contributed by atoms with van der Waals surface area (Å²) in [6.07, 6.45) is 0.165. The third-order valence-electron chi connectivity index (χ3n) is 3.09. The molecule has 0 fully saturated rings. The van der Waals surface area contributed by atoms with E-state index in [0.29, 0.717) is 5.56 Å². The first-order valence-electron chi connectivity index (χ1n) is 5.94.